The summed E-state index contributed by atoms with van der Waals surface area (Å²) in [6.45, 7) is 5.80. The number of hydrogen-bond acceptors (Lipinski definition) is 4. The van der Waals surface area contributed by atoms with Crippen molar-refractivity contribution in [1.29, 1.82) is 0 Å². The van der Waals surface area contributed by atoms with Gasteiger partial charge in [-0.1, -0.05) is 6.07 Å². The van der Waals surface area contributed by atoms with Crippen LogP contribution in [0, 0.1) is 0 Å². The molecule has 0 saturated carbocycles. The third-order valence-corrected chi connectivity index (χ3v) is 3.65. The molecule has 1 fully saturated rings. The van der Waals surface area contributed by atoms with E-state index in [4.69, 9.17) is 4.74 Å². The molecule has 2 heterocycles. The first kappa shape index (κ1) is 15.7. The van der Waals surface area contributed by atoms with Gasteiger partial charge >= 0.3 is 6.03 Å². The highest BCUT2D eigenvalue weighted by Crippen LogP contribution is 2.03. The molecule has 116 valence electrons. The number of carbonyl (C=O) groups is 1. The number of piperazine rings is 1. The van der Waals surface area contributed by atoms with Gasteiger partial charge in [-0.2, -0.15) is 0 Å². The summed E-state index contributed by atoms with van der Waals surface area (Å²) in [5.74, 6) is 0. The van der Waals surface area contributed by atoms with E-state index in [1.54, 1.807) is 19.5 Å². The van der Waals surface area contributed by atoms with Crippen LogP contribution in [0.1, 0.15) is 12.0 Å². The number of aromatic nitrogens is 1. The van der Waals surface area contributed by atoms with E-state index in [1.807, 2.05) is 17.0 Å². The van der Waals surface area contributed by atoms with E-state index < -0.39 is 0 Å². The number of rotatable bonds is 6. The summed E-state index contributed by atoms with van der Waals surface area (Å²) in [6, 6.07) is 3.84. The summed E-state index contributed by atoms with van der Waals surface area (Å²) in [7, 11) is 1.73. The highest BCUT2D eigenvalue weighted by Gasteiger charge is 2.20. The number of urea groups is 1. The quantitative estimate of drug-likeness (QED) is 0.793. The average Bonchev–Trinajstić information content (AvgIpc) is 2.54. The number of carbonyl (C=O) groups excluding carboxylic acids is 1. The van der Waals surface area contributed by atoms with Gasteiger partial charge in [0.2, 0.25) is 0 Å². The monoisotopic (exact) mass is 292 g/mol. The van der Waals surface area contributed by atoms with Crippen LogP contribution in [0.25, 0.3) is 0 Å². The number of hydrogen-bond donors (Lipinski definition) is 1. The van der Waals surface area contributed by atoms with Crippen molar-refractivity contribution in [3.63, 3.8) is 0 Å². The van der Waals surface area contributed by atoms with E-state index in [-0.39, 0.29) is 6.03 Å². The summed E-state index contributed by atoms with van der Waals surface area (Å²) in [5, 5.41) is 2.94. The average molecular weight is 292 g/mol. The molecule has 0 unspecified atom stereocenters. The van der Waals surface area contributed by atoms with Gasteiger partial charge in [-0.25, -0.2) is 4.79 Å². The van der Waals surface area contributed by atoms with Gasteiger partial charge in [0.15, 0.2) is 0 Å². The molecular formula is C15H24N4O2. The smallest absolute Gasteiger partial charge is 0.317 e. The Morgan fingerprint density at radius 2 is 2.19 bits per heavy atom. The molecule has 0 bridgehead atoms. The highest BCUT2D eigenvalue weighted by molar-refractivity contribution is 5.74. The van der Waals surface area contributed by atoms with Crippen molar-refractivity contribution in [2.75, 3.05) is 46.4 Å². The first-order valence-corrected chi connectivity index (χ1v) is 7.42. The third kappa shape index (κ3) is 5.32. The molecule has 1 N–H and O–H groups in total. The number of nitrogens with zero attached hydrogens (tertiary/aromatic N) is 3. The van der Waals surface area contributed by atoms with Crippen LogP contribution in [0.4, 0.5) is 4.79 Å². The molecule has 1 aromatic heterocycles. The zero-order valence-electron chi connectivity index (χ0n) is 12.6. The van der Waals surface area contributed by atoms with Crippen LogP contribution in [0.5, 0.6) is 0 Å². The summed E-state index contributed by atoms with van der Waals surface area (Å²) in [4.78, 5) is 20.4. The largest absolute Gasteiger partial charge is 0.385 e. The predicted octanol–water partition coefficient (Wildman–Crippen LogP) is 0.945. The minimum Gasteiger partial charge on any atom is -0.385 e. The Morgan fingerprint density at radius 1 is 1.38 bits per heavy atom. The number of ether oxygens (including phenoxy) is 1. The van der Waals surface area contributed by atoms with Crippen molar-refractivity contribution in [3.05, 3.63) is 30.1 Å². The van der Waals surface area contributed by atoms with E-state index in [9.17, 15) is 4.79 Å². The van der Waals surface area contributed by atoms with Crippen molar-refractivity contribution in [3.8, 4) is 0 Å². The Balaban J connectivity index is 1.66. The van der Waals surface area contributed by atoms with Gasteiger partial charge in [0.05, 0.1) is 0 Å². The molecule has 2 rings (SSSR count). The third-order valence-electron chi connectivity index (χ3n) is 3.65. The minimum absolute atomic E-state index is 0.00962. The molecule has 0 spiro atoms. The molecule has 0 radical (unpaired) electrons. The standard InChI is InChI=1S/C15H24N4O2/c1-21-11-3-6-18-7-9-19(10-8-18)15(20)17-13-14-4-2-5-16-12-14/h2,4-5,12H,3,6-11,13H2,1H3,(H,17,20). The summed E-state index contributed by atoms with van der Waals surface area (Å²) >= 11 is 0. The van der Waals surface area contributed by atoms with Crippen LogP contribution in [-0.2, 0) is 11.3 Å². The Labute approximate surface area is 126 Å². The number of methoxy groups -OCH3 is 1. The molecule has 6 nitrogen and oxygen atoms in total. The molecule has 1 aliphatic heterocycles. The topological polar surface area (TPSA) is 57.7 Å². The van der Waals surface area contributed by atoms with Crippen molar-refractivity contribution in [1.82, 2.24) is 20.1 Å². The molecule has 2 amide bonds. The molecule has 21 heavy (non-hydrogen) atoms. The lowest BCUT2D eigenvalue weighted by atomic mass is 10.3. The summed E-state index contributed by atoms with van der Waals surface area (Å²) in [5.41, 5.74) is 1.02. The lowest BCUT2D eigenvalue weighted by Gasteiger charge is -2.34. The van der Waals surface area contributed by atoms with Crippen molar-refractivity contribution in [2.24, 2.45) is 0 Å². The number of amides is 2. The normalized spacial score (nSPS) is 16.0. The fraction of sp³-hybridized carbons (Fsp3) is 0.600. The van der Waals surface area contributed by atoms with Gasteiger partial charge < -0.3 is 15.0 Å². The van der Waals surface area contributed by atoms with Gasteiger partial charge in [0.25, 0.3) is 0 Å². The number of pyridine rings is 1. The zero-order valence-corrected chi connectivity index (χ0v) is 12.6. The van der Waals surface area contributed by atoms with Crippen molar-refractivity contribution >= 4 is 6.03 Å². The molecule has 1 aliphatic rings. The molecule has 0 aliphatic carbocycles. The first-order valence-electron chi connectivity index (χ1n) is 7.42. The predicted molar refractivity (Wildman–Crippen MR) is 81.0 cm³/mol. The lowest BCUT2D eigenvalue weighted by Crippen LogP contribution is -2.51. The summed E-state index contributed by atoms with van der Waals surface area (Å²) < 4.78 is 5.06. The second-order valence-corrected chi connectivity index (χ2v) is 5.20. The van der Waals surface area contributed by atoms with Crippen LogP contribution < -0.4 is 5.32 Å². The lowest BCUT2D eigenvalue weighted by molar-refractivity contribution is 0.125. The van der Waals surface area contributed by atoms with E-state index >= 15 is 0 Å². The Bertz CT molecular complexity index is 419. The van der Waals surface area contributed by atoms with Crippen LogP contribution >= 0.6 is 0 Å². The van der Waals surface area contributed by atoms with Gasteiger partial charge in [0, 0.05) is 65.4 Å². The summed E-state index contributed by atoms with van der Waals surface area (Å²) in [6.07, 6.45) is 4.55. The molecule has 0 atom stereocenters. The molecule has 6 heteroatoms. The molecular weight excluding hydrogens is 268 g/mol. The second kappa shape index (κ2) is 8.59. The van der Waals surface area contributed by atoms with Gasteiger partial charge in [0.1, 0.15) is 0 Å². The molecule has 1 saturated heterocycles. The van der Waals surface area contributed by atoms with Gasteiger partial charge in [-0.05, 0) is 18.1 Å². The molecule has 0 aromatic carbocycles. The number of nitrogens with one attached hydrogen (secondary N) is 1. The maximum absolute atomic E-state index is 12.1. The van der Waals surface area contributed by atoms with Crippen LogP contribution in [0.2, 0.25) is 0 Å². The zero-order chi connectivity index (χ0) is 14.9. The van der Waals surface area contributed by atoms with Gasteiger partial charge in [-0.15, -0.1) is 0 Å². The van der Waals surface area contributed by atoms with Crippen molar-refractivity contribution < 1.29 is 9.53 Å². The van der Waals surface area contributed by atoms with E-state index in [1.165, 1.54) is 0 Å². The van der Waals surface area contributed by atoms with E-state index in [2.05, 4.69) is 15.2 Å². The fourth-order valence-electron chi connectivity index (χ4n) is 2.40. The van der Waals surface area contributed by atoms with E-state index in [0.717, 1.165) is 51.3 Å². The Kier molecular flexibility index (Phi) is 6.43. The van der Waals surface area contributed by atoms with Gasteiger partial charge in [-0.3, -0.25) is 9.88 Å². The van der Waals surface area contributed by atoms with Crippen LogP contribution in [0.15, 0.2) is 24.5 Å². The maximum Gasteiger partial charge on any atom is 0.317 e. The van der Waals surface area contributed by atoms with E-state index in [0.29, 0.717) is 6.54 Å². The maximum atomic E-state index is 12.1. The first-order chi connectivity index (χ1) is 10.3. The highest BCUT2D eigenvalue weighted by atomic mass is 16.5. The fourth-order valence-corrected chi connectivity index (χ4v) is 2.40. The Hall–Kier alpha value is -1.66. The second-order valence-electron chi connectivity index (χ2n) is 5.20. The van der Waals surface area contributed by atoms with Crippen LogP contribution in [0.3, 0.4) is 0 Å². The minimum atomic E-state index is 0.00962. The van der Waals surface area contributed by atoms with Crippen molar-refractivity contribution in [2.45, 2.75) is 13.0 Å². The molecule has 1 aromatic rings. The van der Waals surface area contributed by atoms with Crippen LogP contribution in [-0.4, -0.2) is 67.3 Å². The Morgan fingerprint density at radius 3 is 2.86 bits per heavy atom. The SMILES string of the molecule is COCCCN1CCN(C(=O)NCc2cccnc2)CC1.